The third kappa shape index (κ3) is 64.3. The van der Waals surface area contributed by atoms with Crippen LogP contribution in [0.2, 0.25) is 0 Å². The molecular weight excluding hydrogens is 1690 g/mol. The second kappa shape index (κ2) is 59.6. The topological polar surface area (TPSA) is 442 Å². The SMILES string of the molecule is C#CCCC(NC(C)(C)C)C(=O)C(=O)NCC=C.CC(=O)C(=O)C(CC1CCC1)NC(C)(C)C.CC(C)(C)NC(CC1CC1)C(=O)C(=O)NC1CC1.CCCC(NC(C)(C)C)C(=O)C(=O)NC1CC1.CCCC(NC(C)(C)C)C(=O)C(=O)NC1CC1.CCCC(NC(C)(C)C)C(=O)C(=O)NC1CC1.CCCC(NC(C)(C)C)C(=O)C(C)=O.CNC(=O)C(=O)C(CC1CC1)NC(C)(C)C. The van der Waals surface area contributed by atoms with Gasteiger partial charge in [0, 0.05) is 102 Å². The molecular formula is C103H184N14O16. The quantitative estimate of drug-likeness (QED) is 0.0153. The Balaban J connectivity index is 0.00000150. The van der Waals surface area contributed by atoms with Crippen LogP contribution < -0.4 is 74.4 Å². The van der Waals surface area contributed by atoms with E-state index >= 15 is 0 Å². The lowest BCUT2D eigenvalue weighted by Gasteiger charge is -2.33. The Labute approximate surface area is 801 Å². The third-order valence-electron chi connectivity index (χ3n) is 20.9. The van der Waals surface area contributed by atoms with Crippen molar-refractivity contribution >= 4 is 93.3 Å². The first kappa shape index (κ1) is 126. The van der Waals surface area contributed by atoms with Gasteiger partial charge in [-0.25, -0.2) is 0 Å². The van der Waals surface area contributed by atoms with Crippen LogP contribution in [0.5, 0.6) is 0 Å². The molecule has 0 spiro atoms. The Morgan fingerprint density at radius 3 is 0.699 bits per heavy atom. The van der Waals surface area contributed by atoms with Crippen molar-refractivity contribution in [1.82, 2.24) is 74.4 Å². The van der Waals surface area contributed by atoms with Gasteiger partial charge in [0.2, 0.25) is 46.3 Å². The molecule has 6 amide bonds. The van der Waals surface area contributed by atoms with Gasteiger partial charge in [-0.3, -0.25) is 76.7 Å². The van der Waals surface area contributed by atoms with E-state index in [-0.39, 0.29) is 169 Å². The lowest BCUT2D eigenvalue weighted by atomic mass is 9.79. The molecule has 0 heterocycles. The fourth-order valence-corrected chi connectivity index (χ4v) is 13.8. The normalized spacial score (nSPS) is 17.2. The number of hydrogen-bond acceptors (Lipinski definition) is 24. The second-order valence-corrected chi connectivity index (χ2v) is 45.5. The highest BCUT2D eigenvalue weighted by Crippen LogP contribution is 2.36. The van der Waals surface area contributed by atoms with E-state index in [1.807, 2.05) is 194 Å². The molecule has 0 saturated heterocycles. The number of hydrogen-bond donors (Lipinski definition) is 14. The fraction of sp³-hybridized carbons (Fsp3) is 0.806. The molecule has 762 valence electrons. The summed E-state index contributed by atoms with van der Waals surface area (Å²) in [5.74, 6) is -1.78. The van der Waals surface area contributed by atoms with Gasteiger partial charge in [0.1, 0.15) is 0 Å². The predicted molar refractivity (Wildman–Crippen MR) is 531 cm³/mol. The average Bonchev–Trinajstić information content (AvgIpc) is 1.65. The number of Topliss-reactive ketones (excluding diaryl/α,β-unsaturated/α-hetero) is 10. The molecule has 0 radical (unpaired) electrons. The van der Waals surface area contributed by atoms with E-state index in [0.717, 1.165) is 103 Å². The van der Waals surface area contributed by atoms with Gasteiger partial charge in [-0.1, -0.05) is 104 Å². The molecule has 8 unspecified atom stereocenters. The zero-order valence-electron chi connectivity index (χ0n) is 88.1. The van der Waals surface area contributed by atoms with Crippen LogP contribution in [-0.4, -0.2) is 224 Å². The first-order valence-electron chi connectivity index (χ1n) is 49.4. The molecule has 0 aromatic rings. The number of terminal acetylenes is 1. The van der Waals surface area contributed by atoms with Crippen molar-refractivity contribution < 1.29 is 76.7 Å². The van der Waals surface area contributed by atoms with Crippen molar-refractivity contribution in [1.29, 1.82) is 0 Å². The van der Waals surface area contributed by atoms with Crippen molar-refractivity contribution in [3.05, 3.63) is 12.7 Å². The van der Waals surface area contributed by atoms with Gasteiger partial charge in [-0.2, -0.15) is 0 Å². The van der Waals surface area contributed by atoms with E-state index in [4.69, 9.17) is 6.42 Å². The van der Waals surface area contributed by atoms with Crippen molar-refractivity contribution in [3.8, 4) is 12.3 Å². The molecule has 7 fully saturated rings. The minimum atomic E-state index is -0.603. The van der Waals surface area contributed by atoms with Gasteiger partial charge >= 0.3 is 0 Å². The van der Waals surface area contributed by atoms with Gasteiger partial charge in [0.05, 0.1) is 48.3 Å². The van der Waals surface area contributed by atoms with E-state index < -0.39 is 47.3 Å². The maximum atomic E-state index is 12.2. The lowest BCUT2D eigenvalue weighted by molar-refractivity contribution is -0.139. The highest BCUT2D eigenvalue weighted by Gasteiger charge is 2.41. The molecule has 0 aromatic heterocycles. The maximum Gasteiger partial charge on any atom is 0.289 e. The van der Waals surface area contributed by atoms with Crippen LogP contribution in [0.25, 0.3) is 0 Å². The zero-order chi connectivity index (χ0) is 103. The molecule has 7 rings (SSSR count). The molecule has 7 aliphatic rings. The smallest absolute Gasteiger partial charge is 0.289 e. The molecule has 0 aliphatic heterocycles. The summed E-state index contributed by atoms with van der Waals surface area (Å²) in [4.78, 5) is 187. The molecule has 30 nitrogen and oxygen atoms in total. The van der Waals surface area contributed by atoms with Crippen LogP contribution in [0, 0.1) is 30.1 Å². The summed E-state index contributed by atoms with van der Waals surface area (Å²) in [6.45, 7) is 62.5. The molecule has 133 heavy (non-hydrogen) atoms. The summed E-state index contributed by atoms with van der Waals surface area (Å²) in [6.07, 6.45) is 32.9. The summed E-state index contributed by atoms with van der Waals surface area (Å²) in [6, 6.07) is -1.95. The van der Waals surface area contributed by atoms with Crippen LogP contribution in [0.3, 0.4) is 0 Å². The van der Waals surface area contributed by atoms with E-state index in [0.29, 0.717) is 49.9 Å². The van der Waals surface area contributed by atoms with Gasteiger partial charge < -0.3 is 74.4 Å². The van der Waals surface area contributed by atoms with Crippen molar-refractivity contribution in [2.45, 2.75) is 504 Å². The summed E-state index contributed by atoms with van der Waals surface area (Å²) < 4.78 is 0. The van der Waals surface area contributed by atoms with Gasteiger partial charge in [0.15, 0.2) is 11.6 Å². The Hall–Kier alpha value is -7.50. The number of carbonyl (C=O) groups excluding carboxylic acids is 16. The summed E-state index contributed by atoms with van der Waals surface area (Å²) >= 11 is 0. The van der Waals surface area contributed by atoms with Crippen LogP contribution in [0.1, 0.15) is 387 Å². The minimum absolute atomic E-state index is 0.125. The number of likely N-dealkylation sites (N-methyl/N-ethyl adjacent to an activating group) is 1. The van der Waals surface area contributed by atoms with Gasteiger partial charge in [0.25, 0.3) is 35.4 Å². The average molecular weight is 1870 g/mol. The monoisotopic (exact) mass is 1870 g/mol. The van der Waals surface area contributed by atoms with Crippen LogP contribution >= 0.6 is 0 Å². The number of nitrogens with one attached hydrogen (secondary N) is 14. The van der Waals surface area contributed by atoms with Crippen LogP contribution in [0.4, 0.5) is 0 Å². The number of carbonyl (C=O) groups is 16. The van der Waals surface area contributed by atoms with Crippen molar-refractivity contribution in [2.75, 3.05) is 13.6 Å². The van der Waals surface area contributed by atoms with E-state index in [1.165, 1.54) is 71.9 Å². The second-order valence-electron chi connectivity index (χ2n) is 45.5. The summed E-state index contributed by atoms with van der Waals surface area (Å²) in [7, 11) is 1.49. The van der Waals surface area contributed by atoms with Crippen molar-refractivity contribution in [3.63, 3.8) is 0 Å². The highest BCUT2D eigenvalue weighted by molar-refractivity contribution is 6.41. The Morgan fingerprint density at radius 1 is 0.301 bits per heavy atom. The Kier molecular flexibility index (Phi) is 56.2. The zero-order valence-corrected chi connectivity index (χ0v) is 88.1. The van der Waals surface area contributed by atoms with E-state index in [2.05, 4.69) is 86.9 Å². The van der Waals surface area contributed by atoms with E-state index in [9.17, 15) is 76.7 Å². The maximum absolute atomic E-state index is 12.2. The highest BCUT2D eigenvalue weighted by atomic mass is 16.2. The van der Waals surface area contributed by atoms with E-state index in [1.54, 1.807) is 0 Å². The lowest BCUT2D eigenvalue weighted by Crippen LogP contribution is -2.52. The Morgan fingerprint density at radius 2 is 0.504 bits per heavy atom. The minimum Gasteiger partial charge on any atom is -0.353 e. The molecule has 7 aliphatic carbocycles. The molecule has 30 heteroatoms. The fourth-order valence-electron chi connectivity index (χ4n) is 13.8. The molecule has 7 saturated carbocycles. The van der Waals surface area contributed by atoms with Crippen molar-refractivity contribution in [2.24, 2.45) is 17.8 Å². The predicted octanol–water partition coefficient (Wildman–Crippen LogP) is 11.2. The molecule has 0 bridgehead atoms. The van der Waals surface area contributed by atoms with Gasteiger partial charge in [-0.15, -0.1) is 18.9 Å². The Bertz CT molecular complexity index is 3610. The first-order chi connectivity index (χ1) is 61.1. The number of amides is 6. The first-order valence-corrected chi connectivity index (χ1v) is 49.4. The third-order valence-corrected chi connectivity index (χ3v) is 20.9. The summed E-state index contributed by atoms with van der Waals surface area (Å²) in [5.41, 5.74) is -1.28. The largest absolute Gasteiger partial charge is 0.353 e. The van der Waals surface area contributed by atoms with Gasteiger partial charge in [-0.05, 0) is 287 Å². The number of rotatable bonds is 46. The van der Waals surface area contributed by atoms with Crippen LogP contribution in [-0.2, 0) is 76.7 Å². The molecule has 14 N–H and O–H groups in total. The number of ketones is 10. The molecule has 8 atom stereocenters. The van der Waals surface area contributed by atoms with Crippen LogP contribution in [0.15, 0.2) is 12.7 Å². The molecule has 0 aromatic carbocycles. The standard InChI is InChI=1S/C14H24N2O2.C14H22N2O2.3C13H24N2O2.C13H23NO2.C12H22N2O2.C11H21NO2/c1-14(2,3)16-11(8-9-4-5-9)12(17)13(18)15-10-6-7-10;1-6-8-9-11(16-14(3,4)5)12(17)13(18)15-10-7-2;3*1-5-6-10(15-13(2,3)4)11(16)12(17)14-9-7-8-9;1-9(15)12(16)11(14-13(2,3)4)8-10-6-5-7-10;1-12(2,3)14-9(7-8-5-6-8)10(15)11(16)13-4;1-6-7-9(10(14)8(2)13)12-11(3,4)5/h9-11,16H,4-8H2,1-3H3,(H,15,18);1,7,11,16H,2,8-10H2,3-5H3,(H,15,18);3*9-10,15H,5-8H2,1-4H3,(H,14,17);10-11,14H,5-8H2,1-4H3;8-9,14H,5-7H2,1-4H3,(H,13,16);9,12H,6-7H2,1-5H3. The summed E-state index contributed by atoms with van der Waals surface area (Å²) in [5, 5.41) is 41.6.